The van der Waals surface area contributed by atoms with E-state index in [2.05, 4.69) is 10.3 Å². The summed E-state index contributed by atoms with van der Waals surface area (Å²) >= 11 is 0. The highest BCUT2D eigenvalue weighted by Crippen LogP contribution is 2.34. The van der Waals surface area contributed by atoms with Gasteiger partial charge in [0.15, 0.2) is 5.78 Å². The fourth-order valence-electron chi connectivity index (χ4n) is 4.47. The van der Waals surface area contributed by atoms with Crippen LogP contribution in [0.5, 0.6) is 0 Å². The molecule has 25 heavy (non-hydrogen) atoms. The van der Waals surface area contributed by atoms with Gasteiger partial charge in [0.2, 0.25) is 0 Å². The summed E-state index contributed by atoms with van der Waals surface area (Å²) in [5.74, 6) is -0.196. The highest BCUT2D eigenvalue weighted by atomic mass is 35.5. The largest absolute Gasteiger partial charge is 0.331 e. The zero-order valence-electron chi connectivity index (χ0n) is 14.2. The third kappa shape index (κ3) is 3.02. The number of likely N-dealkylation sites (tertiary alicyclic amines) is 1. The maximum atomic E-state index is 13.1. The van der Waals surface area contributed by atoms with Gasteiger partial charge in [0.25, 0.3) is 11.5 Å². The van der Waals surface area contributed by atoms with Crippen LogP contribution >= 0.6 is 12.4 Å². The van der Waals surface area contributed by atoms with Crippen molar-refractivity contribution in [2.45, 2.75) is 50.5 Å². The molecule has 4 rings (SSSR count). The van der Waals surface area contributed by atoms with E-state index in [0.717, 1.165) is 45.2 Å². The first-order valence-corrected chi connectivity index (χ1v) is 8.93. The normalized spacial score (nSPS) is 25.6. The minimum absolute atomic E-state index is 0. The first-order chi connectivity index (χ1) is 11.6. The Labute approximate surface area is 152 Å². The molecule has 1 aliphatic carbocycles. The molecular formula is C18H24ClN3O3. The molecule has 1 spiro atoms. The standard InChI is InChI=1S/C18H23N3O3.ClH/c22-15-5-3-4-14-12(15)10-13(16(23)20-14)17(24)21-9-2-1-6-18(21)7-8-19-11-18;/h10,19H,1-9,11H2,(H,20,23);1H. The number of hydrogen-bond acceptors (Lipinski definition) is 4. The molecule has 6 nitrogen and oxygen atoms in total. The van der Waals surface area contributed by atoms with E-state index in [9.17, 15) is 14.4 Å². The van der Waals surface area contributed by atoms with Gasteiger partial charge < -0.3 is 15.2 Å². The van der Waals surface area contributed by atoms with Crippen LogP contribution in [0.25, 0.3) is 0 Å². The van der Waals surface area contributed by atoms with Crippen LogP contribution in [0.4, 0.5) is 0 Å². The minimum atomic E-state index is -0.361. The van der Waals surface area contributed by atoms with E-state index in [0.29, 0.717) is 30.6 Å². The van der Waals surface area contributed by atoms with Gasteiger partial charge in [-0.05, 0) is 51.1 Å². The molecule has 2 N–H and O–H groups in total. The molecule has 3 aliphatic rings. The van der Waals surface area contributed by atoms with Gasteiger partial charge in [0.05, 0.1) is 5.54 Å². The van der Waals surface area contributed by atoms with Crippen molar-refractivity contribution < 1.29 is 9.59 Å². The van der Waals surface area contributed by atoms with Gasteiger partial charge in [0.1, 0.15) is 5.56 Å². The number of aryl methyl sites for hydroxylation is 1. The Kier molecular flexibility index (Phi) is 5.02. The monoisotopic (exact) mass is 365 g/mol. The molecule has 1 unspecified atom stereocenters. The zero-order chi connectivity index (χ0) is 16.7. The van der Waals surface area contributed by atoms with E-state index in [1.54, 1.807) is 6.07 Å². The number of fused-ring (bicyclic) bond motifs is 1. The van der Waals surface area contributed by atoms with Gasteiger partial charge in [-0.2, -0.15) is 0 Å². The van der Waals surface area contributed by atoms with Gasteiger partial charge in [-0.25, -0.2) is 0 Å². The average Bonchev–Trinajstić information content (AvgIpc) is 3.03. The third-order valence-electron chi connectivity index (χ3n) is 5.80. The van der Waals surface area contributed by atoms with Crippen molar-refractivity contribution in [1.29, 1.82) is 0 Å². The van der Waals surface area contributed by atoms with Crippen molar-refractivity contribution in [2.75, 3.05) is 19.6 Å². The summed E-state index contributed by atoms with van der Waals surface area (Å²) in [6.07, 6.45) is 5.94. The van der Waals surface area contributed by atoms with Crippen molar-refractivity contribution in [3.05, 3.63) is 33.2 Å². The molecule has 0 radical (unpaired) electrons. The molecule has 7 heteroatoms. The van der Waals surface area contributed by atoms with Crippen molar-refractivity contribution in [3.8, 4) is 0 Å². The number of hydrogen-bond donors (Lipinski definition) is 2. The Morgan fingerprint density at radius 2 is 1.96 bits per heavy atom. The van der Waals surface area contributed by atoms with Gasteiger partial charge in [-0.15, -0.1) is 12.4 Å². The summed E-state index contributed by atoms with van der Waals surface area (Å²) < 4.78 is 0. The minimum Gasteiger partial charge on any atom is -0.331 e. The molecule has 2 aliphatic heterocycles. The molecular weight excluding hydrogens is 342 g/mol. The smallest absolute Gasteiger partial charge is 0.261 e. The van der Waals surface area contributed by atoms with Crippen LogP contribution in [-0.4, -0.2) is 46.7 Å². The maximum absolute atomic E-state index is 13.1. The lowest BCUT2D eigenvalue weighted by Crippen LogP contribution is -2.56. The predicted octanol–water partition coefficient (Wildman–Crippen LogP) is 1.67. The summed E-state index contributed by atoms with van der Waals surface area (Å²) in [5.41, 5.74) is 0.808. The highest BCUT2D eigenvalue weighted by Gasteiger charge is 2.44. The number of Topliss-reactive ketones (excluding diaryl/α,β-unsaturated/α-hetero) is 1. The number of aromatic amines is 1. The highest BCUT2D eigenvalue weighted by molar-refractivity contribution is 6.01. The van der Waals surface area contributed by atoms with Gasteiger partial charge >= 0.3 is 0 Å². The summed E-state index contributed by atoms with van der Waals surface area (Å²) in [7, 11) is 0. The first kappa shape index (κ1) is 18.1. The lowest BCUT2D eigenvalue weighted by molar-refractivity contribution is 0.0378. The van der Waals surface area contributed by atoms with E-state index >= 15 is 0 Å². The van der Waals surface area contributed by atoms with Gasteiger partial charge in [0, 0.05) is 30.8 Å². The van der Waals surface area contributed by atoms with Crippen molar-refractivity contribution in [1.82, 2.24) is 15.2 Å². The number of ketones is 1. The fourth-order valence-corrected chi connectivity index (χ4v) is 4.47. The van der Waals surface area contributed by atoms with E-state index < -0.39 is 0 Å². The number of nitrogens with zero attached hydrogens (tertiary/aromatic N) is 1. The molecule has 3 heterocycles. The van der Waals surface area contributed by atoms with Crippen LogP contribution in [0.15, 0.2) is 10.9 Å². The average molecular weight is 366 g/mol. The predicted molar refractivity (Wildman–Crippen MR) is 96.7 cm³/mol. The zero-order valence-corrected chi connectivity index (χ0v) is 15.0. The number of piperidine rings is 1. The number of aromatic nitrogens is 1. The second-order valence-electron chi connectivity index (χ2n) is 7.25. The summed E-state index contributed by atoms with van der Waals surface area (Å²) in [6, 6.07) is 1.54. The van der Waals surface area contributed by atoms with Crippen LogP contribution < -0.4 is 10.9 Å². The number of carbonyl (C=O) groups is 2. The topological polar surface area (TPSA) is 82.3 Å². The van der Waals surface area contributed by atoms with E-state index in [1.165, 1.54) is 0 Å². The van der Waals surface area contributed by atoms with E-state index in [1.807, 2.05) is 4.90 Å². The van der Waals surface area contributed by atoms with Crippen molar-refractivity contribution in [2.24, 2.45) is 0 Å². The maximum Gasteiger partial charge on any atom is 0.261 e. The first-order valence-electron chi connectivity index (χ1n) is 8.93. The molecule has 2 saturated heterocycles. The molecule has 1 aromatic rings. The quantitative estimate of drug-likeness (QED) is 0.793. The third-order valence-corrected chi connectivity index (χ3v) is 5.80. The van der Waals surface area contributed by atoms with Gasteiger partial charge in [-0.1, -0.05) is 0 Å². The Hall–Kier alpha value is -1.66. The van der Waals surface area contributed by atoms with Crippen LogP contribution in [0.2, 0.25) is 0 Å². The van der Waals surface area contributed by atoms with E-state index in [4.69, 9.17) is 0 Å². The number of nitrogens with one attached hydrogen (secondary N) is 2. The molecule has 0 bridgehead atoms. The van der Waals surface area contributed by atoms with Crippen molar-refractivity contribution in [3.63, 3.8) is 0 Å². The van der Waals surface area contributed by atoms with Crippen LogP contribution in [-0.2, 0) is 6.42 Å². The number of rotatable bonds is 1. The molecule has 1 aromatic heterocycles. The summed E-state index contributed by atoms with van der Waals surface area (Å²) in [4.78, 5) is 42.4. The number of amides is 1. The lowest BCUT2D eigenvalue weighted by atomic mass is 9.85. The summed E-state index contributed by atoms with van der Waals surface area (Å²) in [5, 5.41) is 3.36. The summed E-state index contributed by atoms with van der Waals surface area (Å²) in [6.45, 7) is 2.38. The Morgan fingerprint density at radius 3 is 2.72 bits per heavy atom. The Morgan fingerprint density at radius 1 is 1.12 bits per heavy atom. The lowest BCUT2D eigenvalue weighted by Gasteiger charge is -2.44. The van der Waals surface area contributed by atoms with Crippen molar-refractivity contribution >= 4 is 24.1 Å². The van der Waals surface area contributed by atoms with E-state index in [-0.39, 0.29) is 40.8 Å². The SMILES string of the molecule is Cl.O=C1CCCc2[nH]c(=O)c(C(=O)N3CCCCC34CCNC4)cc21. The molecule has 136 valence electrons. The molecule has 0 saturated carbocycles. The van der Waals surface area contributed by atoms with Crippen LogP contribution in [0.3, 0.4) is 0 Å². The number of carbonyl (C=O) groups excluding carboxylic acids is 2. The Bertz CT molecular complexity index is 752. The molecule has 2 fully saturated rings. The molecule has 0 aromatic carbocycles. The second kappa shape index (κ2) is 6.92. The van der Waals surface area contributed by atoms with Crippen LogP contribution in [0, 0.1) is 0 Å². The fraction of sp³-hybridized carbons (Fsp3) is 0.611. The molecule has 1 amide bonds. The number of H-pyrrole nitrogens is 1. The van der Waals surface area contributed by atoms with Crippen LogP contribution in [0.1, 0.15) is 64.9 Å². The van der Waals surface area contributed by atoms with Gasteiger partial charge in [-0.3, -0.25) is 14.4 Å². The number of halogens is 1. The molecule has 1 atom stereocenters. The Balaban J connectivity index is 0.00000182. The number of pyridine rings is 1. The second-order valence-corrected chi connectivity index (χ2v) is 7.25.